The lowest BCUT2D eigenvalue weighted by Gasteiger charge is -1.98. The van der Waals surface area contributed by atoms with E-state index in [0.717, 1.165) is 6.08 Å². The Morgan fingerprint density at radius 1 is 1.23 bits per heavy atom. The minimum absolute atomic E-state index is 0.180. The van der Waals surface area contributed by atoms with Gasteiger partial charge in [0.05, 0.1) is 7.11 Å². The highest BCUT2D eigenvalue weighted by molar-refractivity contribution is 5.98. The van der Waals surface area contributed by atoms with E-state index in [0.29, 0.717) is 11.3 Å². The Balaban J connectivity index is 4.66. The second-order valence-corrected chi connectivity index (χ2v) is 2.51. The fourth-order valence-electron chi connectivity index (χ4n) is 0.746. The maximum absolute atomic E-state index is 10.9. The molecule has 2 N–H and O–H groups in total. The van der Waals surface area contributed by atoms with E-state index in [1.807, 2.05) is 0 Å². The largest absolute Gasteiger partial charge is 0.466 e. The molecule has 0 bridgehead atoms. The van der Waals surface area contributed by atoms with Crippen LogP contribution >= 0.6 is 0 Å². The summed E-state index contributed by atoms with van der Waals surface area (Å²) in [4.78, 5) is 21.6. The zero-order chi connectivity index (χ0) is 10.4. The van der Waals surface area contributed by atoms with E-state index in [9.17, 15) is 9.59 Å². The van der Waals surface area contributed by atoms with E-state index in [2.05, 4.69) is 4.74 Å². The smallest absolute Gasteiger partial charge is 0.330 e. The first-order chi connectivity index (χ1) is 5.99. The Morgan fingerprint density at radius 2 is 1.77 bits per heavy atom. The van der Waals surface area contributed by atoms with Gasteiger partial charge in [0.15, 0.2) is 5.78 Å². The van der Waals surface area contributed by atoms with Crippen LogP contribution in [0.2, 0.25) is 0 Å². The molecule has 0 aromatic carbocycles. The highest BCUT2D eigenvalue weighted by atomic mass is 16.5. The van der Waals surface area contributed by atoms with E-state index in [1.165, 1.54) is 20.1 Å². The molecule has 0 atom stereocenters. The Bertz CT molecular complexity index is 273. The Morgan fingerprint density at radius 3 is 2.08 bits per heavy atom. The van der Waals surface area contributed by atoms with Crippen LogP contribution in [0.5, 0.6) is 0 Å². The first-order valence-electron chi connectivity index (χ1n) is 3.72. The monoisotopic (exact) mass is 183 g/mol. The number of rotatable bonds is 3. The lowest BCUT2D eigenvalue weighted by Crippen LogP contribution is -2.04. The number of nitrogens with two attached hydrogens (primary N) is 1. The number of carbonyl (C=O) groups is 2. The third kappa shape index (κ3) is 4.10. The highest BCUT2D eigenvalue weighted by Crippen LogP contribution is 2.02. The Kier molecular flexibility index (Phi) is 4.51. The molecule has 0 fully saturated rings. The first-order valence-corrected chi connectivity index (χ1v) is 3.72. The van der Waals surface area contributed by atoms with Crippen molar-refractivity contribution in [2.24, 2.45) is 5.73 Å². The number of allylic oxidation sites excluding steroid dienone is 3. The zero-order valence-corrected chi connectivity index (χ0v) is 7.96. The van der Waals surface area contributed by atoms with Gasteiger partial charge in [-0.2, -0.15) is 0 Å². The number of Topliss-reactive ketones (excluding diaryl/α,β-unsaturated/α-hetero) is 1. The minimum atomic E-state index is -0.514. The number of carbonyl (C=O) groups excluding carboxylic acids is 2. The molecule has 0 aromatic rings. The molecule has 0 aliphatic rings. The third-order valence-corrected chi connectivity index (χ3v) is 1.39. The molecule has 0 aliphatic carbocycles. The standard InChI is InChI=1S/C9H13NO3/c1-6(10)8(7(2)11)4-5-9(12)13-3/h4-5H,10H2,1-3H3. The van der Waals surface area contributed by atoms with Crippen LogP contribution in [0.3, 0.4) is 0 Å². The third-order valence-electron chi connectivity index (χ3n) is 1.39. The molecule has 4 heteroatoms. The van der Waals surface area contributed by atoms with Gasteiger partial charge in [-0.1, -0.05) is 0 Å². The van der Waals surface area contributed by atoms with Gasteiger partial charge in [-0.05, 0) is 19.9 Å². The van der Waals surface area contributed by atoms with Crippen molar-refractivity contribution in [1.82, 2.24) is 0 Å². The van der Waals surface area contributed by atoms with Crippen LogP contribution in [-0.2, 0) is 14.3 Å². The van der Waals surface area contributed by atoms with Crippen LogP contribution in [0.1, 0.15) is 13.8 Å². The first kappa shape index (κ1) is 11.4. The van der Waals surface area contributed by atoms with E-state index in [-0.39, 0.29) is 5.78 Å². The van der Waals surface area contributed by atoms with Crippen LogP contribution in [-0.4, -0.2) is 18.9 Å². The molecule has 0 amide bonds. The van der Waals surface area contributed by atoms with E-state index < -0.39 is 5.97 Å². The van der Waals surface area contributed by atoms with Gasteiger partial charge in [-0.3, -0.25) is 4.79 Å². The van der Waals surface area contributed by atoms with Gasteiger partial charge in [0.2, 0.25) is 0 Å². The number of ether oxygens (including phenoxy) is 1. The predicted octanol–water partition coefficient (Wildman–Crippen LogP) is 0.537. The average molecular weight is 183 g/mol. The molecule has 0 rings (SSSR count). The summed E-state index contributed by atoms with van der Waals surface area (Å²) in [5, 5.41) is 0. The topological polar surface area (TPSA) is 69.4 Å². The summed E-state index contributed by atoms with van der Waals surface area (Å²) in [6.45, 7) is 2.98. The Labute approximate surface area is 77.1 Å². The van der Waals surface area contributed by atoms with Crippen LogP contribution in [0.4, 0.5) is 0 Å². The molecule has 72 valence electrons. The number of hydrogen-bond acceptors (Lipinski definition) is 4. The summed E-state index contributed by atoms with van der Waals surface area (Å²) in [5.41, 5.74) is 6.13. The van der Waals surface area contributed by atoms with Crippen LogP contribution < -0.4 is 5.73 Å². The lowest BCUT2D eigenvalue weighted by molar-refractivity contribution is -0.134. The summed E-state index contributed by atoms with van der Waals surface area (Å²) in [6, 6.07) is 0. The zero-order valence-electron chi connectivity index (χ0n) is 7.96. The minimum Gasteiger partial charge on any atom is -0.466 e. The van der Waals surface area contributed by atoms with Gasteiger partial charge in [-0.15, -0.1) is 0 Å². The molecule has 0 aliphatic heterocycles. The molecule has 0 spiro atoms. The van der Waals surface area contributed by atoms with Gasteiger partial charge in [-0.25, -0.2) is 4.79 Å². The van der Waals surface area contributed by atoms with Gasteiger partial charge < -0.3 is 10.5 Å². The molecule has 0 heterocycles. The van der Waals surface area contributed by atoms with E-state index >= 15 is 0 Å². The molecule has 0 saturated heterocycles. The van der Waals surface area contributed by atoms with Gasteiger partial charge in [0.25, 0.3) is 0 Å². The highest BCUT2D eigenvalue weighted by Gasteiger charge is 2.02. The quantitative estimate of drug-likeness (QED) is 0.394. The molecular formula is C9H13NO3. The Hall–Kier alpha value is -1.58. The summed E-state index contributed by atoms with van der Waals surface area (Å²) in [7, 11) is 1.26. The molecule has 0 aromatic heterocycles. The maximum Gasteiger partial charge on any atom is 0.330 e. The molecule has 13 heavy (non-hydrogen) atoms. The van der Waals surface area contributed by atoms with Gasteiger partial charge >= 0.3 is 5.97 Å². The van der Waals surface area contributed by atoms with Gasteiger partial charge in [0, 0.05) is 17.3 Å². The molecule has 0 radical (unpaired) electrons. The number of ketones is 1. The second kappa shape index (κ2) is 5.13. The molecular weight excluding hydrogens is 170 g/mol. The predicted molar refractivity (Wildman–Crippen MR) is 48.7 cm³/mol. The van der Waals surface area contributed by atoms with Crippen molar-refractivity contribution in [2.75, 3.05) is 7.11 Å². The van der Waals surface area contributed by atoms with Crippen molar-refractivity contribution in [1.29, 1.82) is 0 Å². The van der Waals surface area contributed by atoms with Crippen molar-refractivity contribution >= 4 is 11.8 Å². The van der Waals surface area contributed by atoms with Crippen molar-refractivity contribution in [3.8, 4) is 0 Å². The normalized spacial score (nSPS) is 12.5. The summed E-state index contributed by atoms with van der Waals surface area (Å²) in [6.07, 6.45) is 2.51. The summed E-state index contributed by atoms with van der Waals surface area (Å²) < 4.78 is 4.36. The molecule has 0 unspecified atom stereocenters. The molecule has 4 nitrogen and oxygen atoms in total. The van der Waals surface area contributed by atoms with Gasteiger partial charge in [0.1, 0.15) is 0 Å². The number of hydrogen-bond donors (Lipinski definition) is 1. The van der Waals surface area contributed by atoms with Crippen molar-refractivity contribution in [3.63, 3.8) is 0 Å². The van der Waals surface area contributed by atoms with Crippen molar-refractivity contribution < 1.29 is 14.3 Å². The van der Waals surface area contributed by atoms with E-state index in [1.54, 1.807) is 6.92 Å². The fraction of sp³-hybridized carbons (Fsp3) is 0.333. The van der Waals surface area contributed by atoms with Crippen LogP contribution in [0.15, 0.2) is 23.4 Å². The summed E-state index contributed by atoms with van der Waals surface area (Å²) >= 11 is 0. The summed E-state index contributed by atoms with van der Waals surface area (Å²) in [5.74, 6) is -0.694. The van der Waals surface area contributed by atoms with Crippen molar-refractivity contribution in [3.05, 3.63) is 23.4 Å². The maximum atomic E-state index is 10.9. The lowest BCUT2D eigenvalue weighted by atomic mass is 10.1. The second-order valence-electron chi connectivity index (χ2n) is 2.51. The van der Waals surface area contributed by atoms with Crippen LogP contribution in [0.25, 0.3) is 0 Å². The average Bonchev–Trinajstić information content (AvgIpc) is 2.03. The number of methoxy groups -OCH3 is 1. The van der Waals surface area contributed by atoms with Crippen LogP contribution in [0, 0.1) is 0 Å². The number of esters is 1. The van der Waals surface area contributed by atoms with Crippen molar-refractivity contribution in [2.45, 2.75) is 13.8 Å². The van der Waals surface area contributed by atoms with E-state index in [4.69, 9.17) is 5.73 Å². The fourth-order valence-corrected chi connectivity index (χ4v) is 0.746. The SMILES string of the molecule is COC(=O)C=CC(C(C)=O)=C(C)N. The molecule has 0 saturated carbocycles.